The van der Waals surface area contributed by atoms with Gasteiger partial charge in [0.25, 0.3) is 5.91 Å². The molecule has 0 radical (unpaired) electrons. The van der Waals surface area contributed by atoms with E-state index in [9.17, 15) is 26.8 Å². The molecule has 0 saturated carbocycles. The molecule has 0 aliphatic heterocycles. The van der Waals surface area contributed by atoms with Crippen molar-refractivity contribution >= 4 is 27.6 Å². The van der Waals surface area contributed by atoms with Gasteiger partial charge in [-0.15, -0.1) is 0 Å². The van der Waals surface area contributed by atoms with Crippen molar-refractivity contribution in [3.63, 3.8) is 0 Å². The van der Waals surface area contributed by atoms with Gasteiger partial charge in [0.2, 0.25) is 10.0 Å². The van der Waals surface area contributed by atoms with E-state index in [0.717, 1.165) is 0 Å². The van der Waals surface area contributed by atoms with E-state index in [-0.39, 0.29) is 27.9 Å². The van der Waals surface area contributed by atoms with E-state index in [4.69, 9.17) is 4.74 Å². The number of rotatable bonds is 9. The van der Waals surface area contributed by atoms with Crippen LogP contribution in [0.5, 0.6) is 5.75 Å². The highest BCUT2D eigenvalue weighted by Crippen LogP contribution is 2.25. The Morgan fingerprint density at radius 1 is 1.03 bits per heavy atom. The van der Waals surface area contributed by atoms with Gasteiger partial charge in [-0.1, -0.05) is 12.1 Å². The number of carbonyl (C=O) groups is 2. The Hall–Kier alpha value is -3.05. The second kappa shape index (κ2) is 10.1. The van der Waals surface area contributed by atoms with Crippen LogP contribution >= 0.6 is 0 Å². The molecule has 162 valence electrons. The van der Waals surface area contributed by atoms with Crippen molar-refractivity contribution in [1.82, 2.24) is 4.72 Å². The highest BCUT2D eigenvalue weighted by molar-refractivity contribution is 7.89. The lowest BCUT2D eigenvalue weighted by Gasteiger charge is -2.12. The lowest BCUT2D eigenvalue weighted by Crippen LogP contribution is -2.30. The first-order valence-corrected chi connectivity index (χ1v) is 10.2. The highest BCUT2D eigenvalue weighted by Gasteiger charge is 2.17. The first-order chi connectivity index (χ1) is 14.1. The second-order valence-electron chi connectivity index (χ2n) is 6.30. The summed E-state index contributed by atoms with van der Waals surface area (Å²) in [5.41, 5.74) is 0.0267. The molecule has 0 saturated heterocycles. The van der Waals surface area contributed by atoms with Gasteiger partial charge >= 0.3 is 12.6 Å². The molecule has 2 N–H and O–H groups in total. The minimum absolute atomic E-state index is 0.00828. The third-order valence-electron chi connectivity index (χ3n) is 3.50. The van der Waals surface area contributed by atoms with Crippen LogP contribution in [-0.2, 0) is 19.6 Å². The van der Waals surface area contributed by atoms with Crippen LogP contribution in [0.4, 0.5) is 14.5 Å². The summed E-state index contributed by atoms with van der Waals surface area (Å²) in [6.45, 7) is -0.404. The topological polar surface area (TPSA) is 111 Å². The molecular weight excluding hydrogens is 422 g/mol. The van der Waals surface area contributed by atoms with Crippen LogP contribution in [0, 0.1) is 0 Å². The molecule has 0 unspecified atom stereocenters. The van der Waals surface area contributed by atoms with Gasteiger partial charge < -0.3 is 14.8 Å². The van der Waals surface area contributed by atoms with Crippen LogP contribution in [0.25, 0.3) is 0 Å². The van der Waals surface area contributed by atoms with Gasteiger partial charge in [0.05, 0.1) is 16.1 Å². The predicted molar refractivity (Wildman–Crippen MR) is 104 cm³/mol. The summed E-state index contributed by atoms with van der Waals surface area (Å²) in [7, 11) is -3.71. The molecule has 11 heteroatoms. The van der Waals surface area contributed by atoms with Gasteiger partial charge in [0.1, 0.15) is 5.75 Å². The van der Waals surface area contributed by atoms with Crippen LogP contribution in [0.3, 0.4) is 0 Å². The number of para-hydroxylation sites is 2. The molecule has 1 amide bonds. The normalized spacial score (nSPS) is 11.4. The molecule has 0 bridgehead atoms. The zero-order valence-corrected chi connectivity index (χ0v) is 16.9. The van der Waals surface area contributed by atoms with E-state index in [2.05, 4.69) is 14.8 Å². The van der Waals surface area contributed by atoms with Gasteiger partial charge in [-0.25, -0.2) is 17.9 Å². The van der Waals surface area contributed by atoms with Crippen LogP contribution in [0.15, 0.2) is 53.4 Å². The average Bonchev–Trinajstić information content (AvgIpc) is 2.66. The lowest BCUT2D eigenvalue weighted by atomic mass is 10.2. The van der Waals surface area contributed by atoms with Gasteiger partial charge in [-0.2, -0.15) is 8.78 Å². The molecule has 0 aliphatic carbocycles. The van der Waals surface area contributed by atoms with Gasteiger partial charge in [-0.05, 0) is 50.2 Å². The number of sulfonamides is 1. The van der Waals surface area contributed by atoms with E-state index in [1.807, 2.05) is 0 Å². The SMILES string of the molecule is CC(C)NS(=O)(=O)c1ccc(C(=O)OCC(=O)Nc2ccccc2OC(F)F)cc1. The summed E-state index contributed by atoms with van der Waals surface area (Å²) in [5.74, 6) is -1.86. The van der Waals surface area contributed by atoms with Gasteiger partial charge in [0.15, 0.2) is 6.61 Å². The van der Waals surface area contributed by atoms with Crippen LogP contribution in [0.1, 0.15) is 24.2 Å². The smallest absolute Gasteiger partial charge is 0.387 e. The largest absolute Gasteiger partial charge is 0.452 e. The van der Waals surface area contributed by atoms with Crippen LogP contribution < -0.4 is 14.8 Å². The summed E-state index contributed by atoms with van der Waals surface area (Å²) >= 11 is 0. The van der Waals surface area contributed by atoms with Crippen LogP contribution in [0.2, 0.25) is 0 Å². The number of nitrogens with one attached hydrogen (secondary N) is 2. The van der Waals surface area contributed by atoms with E-state index in [1.165, 1.54) is 48.5 Å². The Morgan fingerprint density at radius 3 is 2.27 bits per heavy atom. The molecule has 0 aromatic heterocycles. The fourth-order valence-corrected chi connectivity index (χ4v) is 3.57. The zero-order chi connectivity index (χ0) is 22.3. The maximum absolute atomic E-state index is 12.4. The predicted octanol–water partition coefficient (Wildman–Crippen LogP) is 2.77. The molecular formula is C19H20F2N2O6S. The van der Waals surface area contributed by atoms with E-state index < -0.39 is 35.1 Å². The number of alkyl halides is 2. The zero-order valence-electron chi connectivity index (χ0n) is 16.1. The van der Waals surface area contributed by atoms with E-state index in [1.54, 1.807) is 13.8 Å². The minimum Gasteiger partial charge on any atom is -0.452 e. The third-order valence-corrected chi connectivity index (χ3v) is 5.18. The van der Waals surface area contributed by atoms with Crippen LogP contribution in [-0.4, -0.2) is 39.6 Å². The highest BCUT2D eigenvalue weighted by atomic mass is 32.2. The summed E-state index contributed by atoms with van der Waals surface area (Å²) in [4.78, 5) is 24.0. The Balaban J connectivity index is 1.95. The quantitative estimate of drug-likeness (QED) is 0.578. The summed E-state index contributed by atoms with van der Waals surface area (Å²) in [6.07, 6.45) is 0. The second-order valence-corrected chi connectivity index (χ2v) is 8.01. The first-order valence-electron chi connectivity index (χ1n) is 8.71. The van der Waals surface area contributed by atoms with Crippen molar-refractivity contribution in [3.8, 4) is 5.75 Å². The van der Waals surface area contributed by atoms with Gasteiger partial charge in [0, 0.05) is 6.04 Å². The summed E-state index contributed by atoms with van der Waals surface area (Å²) in [5, 5.41) is 2.31. The average molecular weight is 442 g/mol. The molecule has 2 aromatic rings. The molecule has 0 spiro atoms. The van der Waals surface area contributed by atoms with Gasteiger partial charge in [-0.3, -0.25) is 4.79 Å². The number of esters is 1. The van der Waals surface area contributed by atoms with E-state index in [0.29, 0.717) is 0 Å². The number of carbonyl (C=O) groups excluding carboxylic acids is 2. The molecule has 2 rings (SSSR count). The monoisotopic (exact) mass is 442 g/mol. The fourth-order valence-electron chi connectivity index (χ4n) is 2.32. The number of amides is 1. The molecule has 0 fully saturated rings. The number of hydrogen-bond donors (Lipinski definition) is 2. The molecule has 30 heavy (non-hydrogen) atoms. The number of halogens is 2. The van der Waals surface area contributed by atoms with Crippen molar-refractivity contribution in [2.75, 3.05) is 11.9 Å². The Bertz CT molecular complexity index is 994. The number of anilines is 1. The summed E-state index contributed by atoms with van der Waals surface area (Å²) in [6, 6.07) is 10.2. The molecule has 0 atom stereocenters. The maximum atomic E-state index is 12.4. The maximum Gasteiger partial charge on any atom is 0.387 e. The molecule has 0 heterocycles. The van der Waals surface area contributed by atoms with Crippen molar-refractivity contribution in [3.05, 3.63) is 54.1 Å². The fraction of sp³-hybridized carbons (Fsp3) is 0.263. The number of ether oxygens (including phenoxy) is 2. The minimum atomic E-state index is -3.71. The standard InChI is InChI=1S/C19H20F2N2O6S/c1-12(2)23-30(26,27)14-9-7-13(8-10-14)18(25)28-11-17(24)22-15-5-3-4-6-16(15)29-19(20)21/h3-10,12,19,23H,11H2,1-2H3,(H,22,24). The first kappa shape index (κ1) is 23.2. The Morgan fingerprint density at radius 2 is 1.67 bits per heavy atom. The lowest BCUT2D eigenvalue weighted by molar-refractivity contribution is -0.119. The summed E-state index contributed by atoms with van der Waals surface area (Å²) < 4.78 is 60.5. The van der Waals surface area contributed by atoms with Crippen molar-refractivity contribution < 1.29 is 36.3 Å². The van der Waals surface area contributed by atoms with Crippen molar-refractivity contribution in [2.45, 2.75) is 31.4 Å². The Labute approximate surface area is 172 Å². The Kier molecular flexibility index (Phi) is 7.84. The van der Waals surface area contributed by atoms with Crippen molar-refractivity contribution in [2.24, 2.45) is 0 Å². The number of hydrogen-bond acceptors (Lipinski definition) is 6. The third kappa shape index (κ3) is 6.78. The molecule has 8 nitrogen and oxygen atoms in total. The number of benzene rings is 2. The van der Waals surface area contributed by atoms with Crippen molar-refractivity contribution in [1.29, 1.82) is 0 Å². The molecule has 0 aliphatic rings. The van der Waals surface area contributed by atoms with E-state index >= 15 is 0 Å². The molecule has 2 aromatic carbocycles.